The molecule has 1 aliphatic rings. The molecular formula is C25H29N3O5S. The van der Waals surface area contributed by atoms with Crippen molar-refractivity contribution in [3.05, 3.63) is 78.3 Å². The molecule has 34 heavy (non-hydrogen) atoms. The molecule has 180 valence electrons. The average Bonchev–Trinajstić information content (AvgIpc) is 3.59. The van der Waals surface area contributed by atoms with Crippen molar-refractivity contribution in [2.75, 3.05) is 38.1 Å². The van der Waals surface area contributed by atoms with Gasteiger partial charge in [-0.15, -0.1) is 0 Å². The van der Waals surface area contributed by atoms with Crippen molar-refractivity contribution in [3.63, 3.8) is 0 Å². The molecule has 2 aromatic carbocycles. The maximum Gasteiger partial charge on any atom is 0.264 e. The summed E-state index contributed by atoms with van der Waals surface area (Å²) in [4.78, 5) is 15.2. The molecule has 1 unspecified atom stereocenters. The Balaban J connectivity index is 1.45. The van der Waals surface area contributed by atoms with Crippen LogP contribution in [0.15, 0.2) is 76.2 Å². The fourth-order valence-electron chi connectivity index (χ4n) is 4.19. The fraction of sp³-hybridized carbons (Fsp3) is 0.320. The van der Waals surface area contributed by atoms with Crippen LogP contribution in [-0.4, -0.2) is 53.0 Å². The first-order chi connectivity index (χ1) is 16.4. The molecule has 0 spiro atoms. The van der Waals surface area contributed by atoms with Gasteiger partial charge in [-0.25, -0.2) is 8.42 Å². The minimum absolute atomic E-state index is 0.0318. The standard InChI is InChI=1S/C25H29N3O5S/c1-27(21-8-3-4-9-23(21)32-2)34(30,31)20-13-11-19(12-14-20)25(29)26-18-22(24-10-7-17-33-24)28-15-5-6-16-28/h3-4,7-14,17,22H,5-6,15-16,18H2,1-2H3,(H,26,29). The smallest absolute Gasteiger partial charge is 0.264 e. The van der Waals surface area contributed by atoms with Gasteiger partial charge in [0.25, 0.3) is 15.9 Å². The molecule has 1 amide bonds. The molecule has 0 radical (unpaired) electrons. The van der Waals surface area contributed by atoms with Crippen LogP contribution in [0.3, 0.4) is 0 Å². The Morgan fingerprint density at radius 3 is 2.44 bits per heavy atom. The maximum atomic E-state index is 13.1. The van der Waals surface area contributed by atoms with Crippen LogP contribution >= 0.6 is 0 Å². The number of nitrogens with one attached hydrogen (secondary N) is 1. The molecule has 0 aliphatic carbocycles. The van der Waals surface area contributed by atoms with Crippen LogP contribution in [-0.2, 0) is 10.0 Å². The summed E-state index contributed by atoms with van der Waals surface area (Å²) in [6.07, 6.45) is 3.90. The SMILES string of the molecule is COc1ccccc1N(C)S(=O)(=O)c1ccc(C(=O)NCC(c2ccco2)N2CCCC2)cc1. The zero-order valence-electron chi connectivity index (χ0n) is 19.3. The van der Waals surface area contributed by atoms with E-state index in [0.29, 0.717) is 23.5 Å². The maximum absolute atomic E-state index is 13.1. The Morgan fingerprint density at radius 1 is 1.09 bits per heavy atom. The lowest BCUT2D eigenvalue weighted by Crippen LogP contribution is -2.36. The van der Waals surface area contributed by atoms with Crippen molar-refractivity contribution in [2.45, 2.75) is 23.8 Å². The van der Waals surface area contributed by atoms with Gasteiger partial charge in [0.05, 0.1) is 30.0 Å². The molecule has 3 aromatic rings. The van der Waals surface area contributed by atoms with E-state index in [0.717, 1.165) is 31.7 Å². The summed E-state index contributed by atoms with van der Waals surface area (Å²) in [5.74, 6) is 1.01. The minimum Gasteiger partial charge on any atom is -0.495 e. The van der Waals surface area contributed by atoms with Crippen LogP contribution in [0.1, 0.15) is 35.0 Å². The summed E-state index contributed by atoms with van der Waals surface area (Å²) < 4.78 is 38.3. The first-order valence-electron chi connectivity index (χ1n) is 11.2. The van der Waals surface area contributed by atoms with Gasteiger partial charge in [-0.1, -0.05) is 12.1 Å². The van der Waals surface area contributed by atoms with Gasteiger partial charge < -0.3 is 14.5 Å². The topological polar surface area (TPSA) is 92.1 Å². The molecule has 1 atom stereocenters. The Kier molecular flexibility index (Phi) is 7.23. The van der Waals surface area contributed by atoms with Crippen molar-refractivity contribution < 1.29 is 22.4 Å². The molecule has 8 nitrogen and oxygen atoms in total. The lowest BCUT2D eigenvalue weighted by atomic mass is 10.1. The number of furan rings is 1. The van der Waals surface area contributed by atoms with Gasteiger partial charge >= 0.3 is 0 Å². The number of sulfonamides is 1. The number of amides is 1. The molecule has 0 bridgehead atoms. The number of benzene rings is 2. The van der Waals surface area contributed by atoms with Crippen molar-refractivity contribution in [2.24, 2.45) is 0 Å². The highest BCUT2D eigenvalue weighted by Crippen LogP contribution is 2.31. The summed E-state index contributed by atoms with van der Waals surface area (Å²) >= 11 is 0. The molecule has 1 saturated heterocycles. The van der Waals surface area contributed by atoms with Crippen LogP contribution in [0.25, 0.3) is 0 Å². The van der Waals surface area contributed by atoms with E-state index in [-0.39, 0.29) is 16.8 Å². The Labute approximate surface area is 200 Å². The molecule has 0 saturated carbocycles. The summed E-state index contributed by atoms with van der Waals surface area (Å²) in [7, 11) is -0.865. The molecule has 2 heterocycles. The summed E-state index contributed by atoms with van der Waals surface area (Å²) in [5, 5.41) is 2.97. The molecule has 1 aromatic heterocycles. The van der Waals surface area contributed by atoms with E-state index in [1.165, 1.54) is 42.7 Å². The van der Waals surface area contributed by atoms with Gasteiger partial charge in [0.1, 0.15) is 11.5 Å². The van der Waals surface area contributed by atoms with Gasteiger partial charge in [-0.05, 0) is 74.5 Å². The second-order valence-electron chi connectivity index (χ2n) is 8.15. The second-order valence-corrected chi connectivity index (χ2v) is 10.1. The summed E-state index contributed by atoms with van der Waals surface area (Å²) in [6.45, 7) is 2.34. The van der Waals surface area contributed by atoms with Crippen molar-refractivity contribution in [3.8, 4) is 5.75 Å². The molecule has 9 heteroatoms. The number of methoxy groups -OCH3 is 1. The molecule has 1 aliphatic heterocycles. The van der Waals surface area contributed by atoms with E-state index in [2.05, 4.69) is 10.2 Å². The highest BCUT2D eigenvalue weighted by atomic mass is 32.2. The van der Waals surface area contributed by atoms with Gasteiger partial charge in [-0.3, -0.25) is 14.0 Å². The number of anilines is 1. The van der Waals surface area contributed by atoms with E-state index in [1.807, 2.05) is 12.1 Å². The van der Waals surface area contributed by atoms with Crippen LogP contribution in [0.5, 0.6) is 5.75 Å². The molecule has 4 rings (SSSR count). The lowest BCUT2D eigenvalue weighted by Gasteiger charge is -2.26. The molecule has 1 fully saturated rings. The summed E-state index contributed by atoms with van der Waals surface area (Å²) in [6, 6.07) is 16.6. The molecular weight excluding hydrogens is 454 g/mol. The largest absolute Gasteiger partial charge is 0.495 e. The number of ether oxygens (including phenoxy) is 1. The first-order valence-corrected chi connectivity index (χ1v) is 12.6. The minimum atomic E-state index is -3.83. The van der Waals surface area contributed by atoms with Gasteiger partial charge in [-0.2, -0.15) is 0 Å². The molecule has 1 N–H and O–H groups in total. The highest BCUT2D eigenvalue weighted by Gasteiger charge is 2.27. The number of hydrogen-bond donors (Lipinski definition) is 1. The number of para-hydroxylation sites is 2. The van der Waals surface area contributed by atoms with Crippen molar-refractivity contribution in [1.29, 1.82) is 0 Å². The van der Waals surface area contributed by atoms with Gasteiger partial charge in [0.2, 0.25) is 0 Å². The Morgan fingerprint density at radius 2 is 1.79 bits per heavy atom. The van der Waals surface area contributed by atoms with E-state index in [4.69, 9.17) is 9.15 Å². The third-order valence-electron chi connectivity index (χ3n) is 6.11. The van der Waals surface area contributed by atoms with Crippen molar-refractivity contribution in [1.82, 2.24) is 10.2 Å². The van der Waals surface area contributed by atoms with Crippen LogP contribution in [0.4, 0.5) is 5.69 Å². The monoisotopic (exact) mass is 483 g/mol. The predicted molar refractivity (Wildman–Crippen MR) is 130 cm³/mol. The Bertz CT molecular complexity index is 1200. The van der Waals surface area contributed by atoms with E-state index in [9.17, 15) is 13.2 Å². The second kappa shape index (κ2) is 10.3. The third-order valence-corrected chi connectivity index (χ3v) is 7.89. The number of carbonyl (C=O) groups is 1. The average molecular weight is 484 g/mol. The number of carbonyl (C=O) groups excluding carboxylic acids is 1. The number of nitrogens with zero attached hydrogens (tertiary/aromatic N) is 2. The van der Waals surface area contributed by atoms with Crippen molar-refractivity contribution >= 4 is 21.6 Å². The first kappa shape index (κ1) is 23.8. The zero-order valence-corrected chi connectivity index (χ0v) is 20.1. The normalized spacial score (nSPS) is 15.1. The summed E-state index contributed by atoms with van der Waals surface area (Å²) in [5.41, 5.74) is 0.816. The highest BCUT2D eigenvalue weighted by molar-refractivity contribution is 7.92. The predicted octanol–water partition coefficient (Wildman–Crippen LogP) is 3.68. The van der Waals surface area contributed by atoms with Crippen LogP contribution in [0.2, 0.25) is 0 Å². The van der Waals surface area contributed by atoms with Crippen LogP contribution in [0, 0.1) is 0 Å². The number of likely N-dealkylation sites (tertiary alicyclic amines) is 1. The lowest BCUT2D eigenvalue weighted by molar-refractivity contribution is 0.0933. The van der Waals surface area contributed by atoms with E-state index in [1.54, 1.807) is 30.5 Å². The zero-order chi connectivity index (χ0) is 24.1. The van der Waals surface area contributed by atoms with Crippen LogP contribution < -0.4 is 14.4 Å². The third kappa shape index (κ3) is 4.95. The Hall–Kier alpha value is -3.30. The number of rotatable bonds is 9. The van der Waals surface area contributed by atoms with E-state index >= 15 is 0 Å². The van der Waals surface area contributed by atoms with E-state index < -0.39 is 10.0 Å². The fourth-order valence-corrected chi connectivity index (χ4v) is 5.40. The van der Waals surface area contributed by atoms with Gasteiger partial charge in [0.15, 0.2) is 0 Å². The van der Waals surface area contributed by atoms with Gasteiger partial charge in [0, 0.05) is 19.2 Å². The number of hydrogen-bond acceptors (Lipinski definition) is 6. The quantitative estimate of drug-likeness (QED) is 0.499.